The number of benzene rings is 1. The van der Waals surface area contributed by atoms with Crippen LogP contribution in [0.25, 0.3) is 0 Å². The number of carbonyl (C=O) groups is 1. The highest BCUT2D eigenvalue weighted by molar-refractivity contribution is 5.91. The number of anilines is 2. The van der Waals surface area contributed by atoms with Crippen LogP contribution in [0.2, 0.25) is 0 Å². The number of piperidine rings is 1. The van der Waals surface area contributed by atoms with Gasteiger partial charge in [-0.25, -0.2) is 9.52 Å². The molecule has 0 unspecified atom stereocenters. The molecule has 1 N–H and O–H groups in total. The minimum atomic E-state index is -0.509. The molecule has 1 aromatic carbocycles. The van der Waals surface area contributed by atoms with E-state index in [2.05, 4.69) is 5.32 Å². The first kappa shape index (κ1) is 19.7. The van der Waals surface area contributed by atoms with Gasteiger partial charge < -0.3 is 20.2 Å². The van der Waals surface area contributed by atoms with Gasteiger partial charge >= 0.3 is 6.03 Å². The second-order valence-electron chi connectivity index (χ2n) is 7.44. The zero-order chi connectivity index (χ0) is 21.3. The Kier molecular flexibility index (Phi) is 5.30. The van der Waals surface area contributed by atoms with E-state index in [-0.39, 0.29) is 23.6 Å². The Morgan fingerprint density at radius 2 is 1.97 bits per heavy atom. The topological polar surface area (TPSA) is 115 Å². The Bertz CT molecular complexity index is 974. The van der Waals surface area contributed by atoms with Gasteiger partial charge in [0.15, 0.2) is 0 Å². The number of rotatable bonds is 4. The largest absolute Gasteiger partial charge is 0.711 e. The van der Waals surface area contributed by atoms with Gasteiger partial charge in [0, 0.05) is 31.1 Å². The molecule has 0 saturated carbocycles. The van der Waals surface area contributed by atoms with Crippen molar-refractivity contribution in [1.82, 2.24) is 4.90 Å². The fourth-order valence-corrected chi connectivity index (χ4v) is 4.12. The van der Waals surface area contributed by atoms with Crippen molar-refractivity contribution in [1.29, 1.82) is 0 Å². The number of urea groups is 1. The minimum absolute atomic E-state index is 0.0382. The molecule has 0 spiro atoms. The van der Waals surface area contributed by atoms with Gasteiger partial charge in [-0.05, 0) is 30.2 Å². The summed E-state index contributed by atoms with van der Waals surface area (Å²) in [7, 11) is 1.62. The zero-order valence-corrected chi connectivity index (χ0v) is 16.6. The highest BCUT2D eigenvalue weighted by Crippen LogP contribution is 2.28. The lowest BCUT2D eigenvalue weighted by atomic mass is 10.0. The first-order chi connectivity index (χ1) is 14.5. The summed E-state index contributed by atoms with van der Waals surface area (Å²) in [6.07, 6.45) is 3.23. The Morgan fingerprint density at radius 1 is 1.20 bits per heavy atom. The van der Waals surface area contributed by atoms with Crippen LogP contribution in [0.3, 0.4) is 0 Å². The van der Waals surface area contributed by atoms with Crippen LogP contribution in [-0.2, 0) is 6.42 Å². The molecule has 10 nitrogen and oxygen atoms in total. The number of nitrogens with one attached hydrogen (secondary N) is 1. The zero-order valence-electron chi connectivity index (χ0n) is 16.6. The standard InChI is InChI=1S/C20H23N5O5/c1-30-17-2-3-18-14(12-17)4-10-23(20(26)21-18)15-5-8-22(9-6-15)19-13-16(25(28)29)7-11-24(19)27/h2-3,7,11-13,15H,4-6,8-10H2,1H3,(H,21,26). The molecule has 2 amide bonds. The number of hydrogen-bond donors (Lipinski definition) is 1. The number of pyridine rings is 1. The number of methoxy groups -OCH3 is 1. The molecule has 1 saturated heterocycles. The molecule has 0 atom stereocenters. The number of carbonyl (C=O) groups excluding carboxylic acids is 1. The van der Waals surface area contributed by atoms with Crippen LogP contribution in [0.1, 0.15) is 18.4 Å². The summed E-state index contributed by atoms with van der Waals surface area (Å²) in [4.78, 5) is 27.0. The Morgan fingerprint density at radius 3 is 2.67 bits per heavy atom. The van der Waals surface area contributed by atoms with Crippen molar-refractivity contribution in [3.05, 3.63) is 57.4 Å². The summed E-state index contributed by atoms with van der Waals surface area (Å²) in [6.45, 7) is 1.67. The minimum Gasteiger partial charge on any atom is -0.711 e. The summed E-state index contributed by atoms with van der Waals surface area (Å²) in [5.41, 5.74) is 1.72. The molecular formula is C20H23N5O5. The van der Waals surface area contributed by atoms with E-state index < -0.39 is 4.92 Å². The first-order valence-corrected chi connectivity index (χ1v) is 9.83. The smallest absolute Gasteiger partial charge is 0.322 e. The second kappa shape index (κ2) is 8.05. The fraction of sp³-hybridized carbons (Fsp3) is 0.400. The molecule has 30 heavy (non-hydrogen) atoms. The van der Waals surface area contributed by atoms with Crippen LogP contribution in [0.5, 0.6) is 5.75 Å². The molecule has 0 aliphatic carbocycles. The number of aromatic nitrogens is 1. The van der Waals surface area contributed by atoms with E-state index in [0.29, 0.717) is 37.2 Å². The van der Waals surface area contributed by atoms with Gasteiger partial charge in [0.25, 0.3) is 11.5 Å². The highest BCUT2D eigenvalue weighted by Gasteiger charge is 2.33. The van der Waals surface area contributed by atoms with E-state index in [0.717, 1.165) is 29.6 Å². The highest BCUT2D eigenvalue weighted by atomic mass is 16.6. The van der Waals surface area contributed by atoms with E-state index in [1.165, 1.54) is 12.1 Å². The van der Waals surface area contributed by atoms with Gasteiger partial charge in [-0.3, -0.25) is 15.0 Å². The van der Waals surface area contributed by atoms with Gasteiger partial charge in [-0.1, -0.05) is 0 Å². The lowest BCUT2D eigenvalue weighted by Gasteiger charge is -2.35. The van der Waals surface area contributed by atoms with Crippen molar-refractivity contribution in [3.63, 3.8) is 0 Å². The molecule has 0 bridgehead atoms. The van der Waals surface area contributed by atoms with E-state index >= 15 is 0 Å². The SMILES string of the molecule is COc1ccc2c(c1)CCN(C1CCN(c3cc([N+](=O)[O-])cc[n+]3[O-])CC1)C(=O)N2. The summed E-state index contributed by atoms with van der Waals surface area (Å²) in [5, 5.41) is 26.1. The van der Waals surface area contributed by atoms with Crippen molar-refractivity contribution < 1.29 is 19.2 Å². The molecule has 1 fully saturated rings. The Hall–Kier alpha value is -3.56. The molecule has 2 aliphatic heterocycles. The number of nitrogens with zero attached hydrogens (tertiary/aromatic N) is 4. The predicted octanol–water partition coefficient (Wildman–Crippen LogP) is 2.30. The lowest BCUT2D eigenvalue weighted by molar-refractivity contribution is -0.593. The molecule has 2 aromatic rings. The Balaban J connectivity index is 1.44. The molecule has 3 heterocycles. The second-order valence-corrected chi connectivity index (χ2v) is 7.44. The third-order valence-electron chi connectivity index (χ3n) is 5.76. The molecule has 1 aromatic heterocycles. The summed E-state index contributed by atoms with van der Waals surface area (Å²) in [6, 6.07) is 8.02. The summed E-state index contributed by atoms with van der Waals surface area (Å²) >= 11 is 0. The van der Waals surface area contributed by atoms with Crippen molar-refractivity contribution in [2.24, 2.45) is 0 Å². The van der Waals surface area contributed by atoms with E-state index in [1.54, 1.807) is 7.11 Å². The third kappa shape index (κ3) is 3.80. The van der Waals surface area contributed by atoms with Crippen LogP contribution in [0, 0.1) is 15.3 Å². The van der Waals surface area contributed by atoms with Gasteiger partial charge in [0.1, 0.15) is 18.0 Å². The predicted molar refractivity (Wildman–Crippen MR) is 110 cm³/mol. The third-order valence-corrected chi connectivity index (χ3v) is 5.76. The van der Waals surface area contributed by atoms with E-state index in [1.807, 2.05) is 28.0 Å². The van der Waals surface area contributed by atoms with Crippen LogP contribution in [0.15, 0.2) is 36.5 Å². The number of hydrogen-bond acceptors (Lipinski definition) is 6. The first-order valence-electron chi connectivity index (χ1n) is 9.83. The Labute approximate surface area is 173 Å². The van der Waals surface area contributed by atoms with Gasteiger partial charge in [-0.15, -0.1) is 0 Å². The molecule has 4 rings (SSSR count). The van der Waals surface area contributed by atoms with Gasteiger partial charge in [0.05, 0.1) is 31.2 Å². The normalized spacial score (nSPS) is 17.2. The fourth-order valence-electron chi connectivity index (χ4n) is 4.12. The molecule has 2 aliphatic rings. The number of amides is 2. The van der Waals surface area contributed by atoms with E-state index in [9.17, 15) is 20.1 Å². The molecule has 0 radical (unpaired) electrons. The average Bonchev–Trinajstić information content (AvgIpc) is 2.91. The molecule has 10 heteroatoms. The van der Waals surface area contributed by atoms with Crippen LogP contribution >= 0.6 is 0 Å². The van der Waals surface area contributed by atoms with Crippen LogP contribution < -0.4 is 19.7 Å². The average molecular weight is 413 g/mol. The quantitative estimate of drug-likeness (QED) is 0.356. The van der Waals surface area contributed by atoms with Crippen molar-refractivity contribution >= 4 is 23.2 Å². The van der Waals surface area contributed by atoms with Crippen molar-refractivity contribution in [2.45, 2.75) is 25.3 Å². The maximum atomic E-state index is 12.8. The van der Waals surface area contributed by atoms with Crippen LogP contribution in [0.4, 0.5) is 22.0 Å². The van der Waals surface area contributed by atoms with Gasteiger partial charge in [0.2, 0.25) is 0 Å². The number of ether oxygens (including phenoxy) is 1. The maximum Gasteiger partial charge on any atom is 0.322 e. The molecular weight excluding hydrogens is 390 g/mol. The maximum absolute atomic E-state index is 12.8. The molecule has 158 valence electrons. The summed E-state index contributed by atoms with van der Waals surface area (Å²) < 4.78 is 5.93. The van der Waals surface area contributed by atoms with Gasteiger partial charge in [-0.2, -0.15) is 0 Å². The number of fused-ring (bicyclic) bond motifs is 1. The number of nitro groups is 1. The van der Waals surface area contributed by atoms with Crippen molar-refractivity contribution in [3.8, 4) is 5.75 Å². The van der Waals surface area contributed by atoms with Crippen molar-refractivity contribution in [2.75, 3.05) is 37.0 Å². The van der Waals surface area contributed by atoms with E-state index in [4.69, 9.17) is 4.74 Å². The monoisotopic (exact) mass is 413 g/mol. The summed E-state index contributed by atoms with van der Waals surface area (Å²) in [5.74, 6) is 1.02. The lowest BCUT2D eigenvalue weighted by Crippen LogP contribution is -2.50. The van der Waals surface area contributed by atoms with Crippen LogP contribution in [-0.4, -0.2) is 48.6 Å².